The van der Waals surface area contributed by atoms with Crippen molar-refractivity contribution in [1.82, 2.24) is 5.32 Å². The Kier molecular flexibility index (Phi) is 4.96. The summed E-state index contributed by atoms with van der Waals surface area (Å²) >= 11 is 0. The highest BCUT2D eigenvalue weighted by atomic mass is 16.5. The molecular formula is C21H23N3O3. The number of nitrogens with one attached hydrogen (secondary N) is 2. The van der Waals surface area contributed by atoms with Crippen molar-refractivity contribution < 1.29 is 14.3 Å². The summed E-state index contributed by atoms with van der Waals surface area (Å²) in [5.41, 5.74) is 2.79. The molecule has 1 saturated heterocycles. The van der Waals surface area contributed by atoms with Gasteiger partial charge in [-0.25, -0.2) is 0 Å². The summed E-state index contributed by atoms with van der Waals surface area (Å²) in [7, 11) is 0. The molecule has 0 saturated carbocycles. The first-order chi connectivity index (χ1) is 13.2. The topological polar surface area (TPSA) is 70.7 Å². The first-order valence-corrected chi connectivity index (χ1v) is 9.36. The van der Waals surface area contributed by atoms with Crippen LogP contribution >= 0.6 is 0 Å². The van der Waals surface area contributed by atoms with E-state index in [-0.39, 0.29) is 24.4 Å². The summed E-state index contributed by atoms with van der Waals surface area (Å²) in [6, 6.07) is 15.4. The zero-order valence-electron chi connectivity index (χ0n) is 15.1. The number of carbonyl (C=O) groups excluding carboxylic acids is 2. The lowest BCUT2D eigenvalue weighted by Gasteiger charge is -2.26. The van der Waals surface area contributed by atoms with E-state index >= 15 is 0 Å². The Labute approximate surface area is 158 Å². The molecule has 2 aromatic carbocycles. The van der Waals surface area contributed by atoms with E-state index in [1.807, 2.05) is 48.5 Å². The average Bonchev–Trinajstić information content (AvgIpc) is 3.13. The number of benzene rings is 2. The Morgan fingerprint density at radius 3 is 2.74 bits per heavy atom. The molecule has 0 aliphatic carbocycles. The third-order valence-electron chi connectivity index (χ3n) is 5.00. The summed E-state index contributed by atoms with van der Waals surface area (Å²) in [5, 5.41) is 6.21. The second-order valence-corrected chi connectivity index (χ2v) is 6.84. The molecule has 2 amide bonds. The Morgan fingerprint density at radius 1 is 1.15 bits per heavy atom. The quantitative estimate of drug-likeness (QED) is 0.855. The lowest BCUT2D eigenvalue weighted by Crippen LogP contribution is -2.35. The molecule has 2 aliphatic heterocycles. The zero-order valence-corrected chi connectivity index (χ0v) is 15.1. The van der Waals surface area contributed by atoms with Crippen LogP contribution in [0, 0.1) is 0 Å². The van der Waals surface area contributed by atoms with Crippen LogP contribution in [0.4, 0.5) is 11.4 Å². The summed E-state index contributed by atoms with van der Waals surface area (Å²) in [5.74, 6) is 0.955. The summed E-state index contributed by atoms with van der Waals surface area (Å²) in [4.78, 5) is 26.0. The van der Waals surface area contributed by atoms with Crippen molar-refractivity contribution in [3.05, 3.63) is 54.1 Å². The van der Waals surface area contributed by atoms with E-state index in [1.165, 1.54) is 0 Å². The molecule has 6 nitrogen and oxygen atoms in total. The zero-order chi connectivity index (χ0) is 18.6. The van der Waals surface area contributed by atoms with Crippen molar-refractivity contribution in [2.24, 2.45) is 0 Å². The number of carbonyl (C=O) groups is 2. The van der Waals surface area contributed by atoms with Crippen LogP contribution < -0.4 is 20.3 Å². The van der Waals surface area contributed by atoms with Crippen LogP contribution in [0.1, 0.15) is 30.9 Å². The van der Waals surface area contributed by atoms with E-state index in [4.69, 9.17) is 4.74 Å². The maximum Gasteiger partial charge on any atom is 0.239 e. The first-order valence-electron chi connectivity index (χ1n) is 9.36. The van der Waals surface area contributed by atoms with Crippen molar-refractivity contribution in [3.8, 4) is 5.75 Å². The van der Waals surface area contributed by atoms with Gasteiger partial charge < -0.3 is 20.3 Å². The van der Waals surface area contributed by atoms with Crippen molar-refractivity contribution >= 4 is 23.2 Å². The number of hydrogen-bond acceptors (Lipinski definition) is 4. The third-order valence-corrected chi connectivity index (χ3v) is 5.00. The van der Waals surface area contributed by atoms with Crippen LogP contribution in [0.15, 0.2) is 48.5 Å². The second-order valence-electron chi connectivity index (χ2n) is 6.84. The number of anilines is 2. The van der Waals surface area contributed by atoms with Crippen LogP contribution in [0.25, 0.3) is 0 Å². The van der Waals surface area contributed by atoms with E-state index < -0.39 is 0 Å². The number of rotatable bonds is 5. The van der Waals surface area contributed by atoms with Gasteiger partial charge in [-0.15, -0.1) is 0 Å². The molecule has 0 bridgehead atoms. The summed E-state index contributed by atoms with van der Waals surface area (Å²) in [6.45, 7) is 1.58. The molecule has 6 heteroatoms. The molecule has 2 N–H and O–H groups in total. The van der Waals surface area contributed by atoms with E-state index in [1.54, 1.807) is 4.90 Å². The fraction of sp³-hybridized carbons (Fsp3) is 0.333. The van der Waals surface area contributed by atoms with Crippen molar-refractivity contribution in [1.29, 1.82) is 0 Å². The predicted octanol–water partition coefficient (Wildman–Crippen LogP) is 2.87. The SMILES string of the molecule is O=C(CNc1ccc(N2CCCC2=O)cc1)NC1CCOc2ccccc21. The maximum absolute atomic E-state index is 12.3. The lowest BCUT2D eigenvalue weighted by atomic mass is 10.0. The van der Waals surface area contributed by atoms with Gasteiger partial charge in [0.1, 0.15) is 5.75 Å². The van der Waals surface area contributed by atoms with Crippen molar-refractivity contribution in [3.63, 3.8) is 0 Å². The predicted molar refractivity (Wildman–Crippen MR) is 104 cm³/mol. The number of fused-ring (bicyclic) bond motifs is 1. The van der Waals surface area contributed by atoms with Gasteiger partial charge in [0.25, 0.3) is 0 Å². The Bertz CT molecular complexity index is 835. The molecule has 2 heterocycles. The fourth-order valence-electron chi connectivity index (χ4n) is 3.60. The molecule has 0 radical (unpaired) electrons. The van der Waals surface area contributed by atoms with Gasteiger partial charge >= 0.3 is 0 Å². The summed E-state index contributed by atoms with van der Waals surface area (Å²) < 4.78 is 5.63. The maximum atomic E-state index is 12.3. The second kappa shape index (κ2) is 7.70. The molecule has 1 atom stereocenters. The smallest absolute Gasteiger partial charge is 0.239 e. The molecule has 2 aromatic rings. The van der Waals surface area contributed by atoms with Gasteiger partial charge in [0, 0.05) is 36.3 Å². The molecule has 1 unspecified atom stereocenters. The molecule has 2 aliphatic rings. The van der Waals surface area contributed by atoms with E-state index in [0.29, 0.717) is 13.0 Å². The minimum Gasteiger partial charge on any atom is -0.493 e. The average molecular weight is 365 g/mol. The highest BCUT2D eigenvalue weighted by Crippen LogP contribution is 2.31. The van der Waals surface area contributed by atoms with Gasteiger partial charge in [-0.05, 0) is 36.8 Å². The van der Waals surface area contributed by atoms with Crippen LogP contribution in [0.3, 0.4) is 0 Å². The van der Waals surface area contributed by atoms with E-state index in [9.17, 15) is 9.59 Å². The first kappa shape index (κ1) is 17.4. The number of ether oxygens (including phenoxy) is 1. The molecule has 4 rings (SSSR count). The Morgan fingerprint density at radius 2 is 1.96 bits per heavy atom. The van der Waals surface area contributed by atoms with Gasteiger partial charge in [0.2, 0.25) is 11.8 Å². The van der Waals surface area contributed by atoms with Crippen molar-refractivity contribution in [2.45, 2.75) is 25.3 Å². The van der Waals surface area contributed by atoms with Crippen LogP contribution in [-0.4, -0.2) is 31.5 Å². The number of amides is 2. The summed E-state index contributed by atoms with van der Waals surface area (Å²) in [6.07, 6.45) is 2.30. The van der Waals surface area contributed by atoms with Crippen LogP contribution in [0.5, 0.6) is 5.75 Å². The van der Waals surface area contributed by atoms with Gasteiger partial charge in [-0.1, -0.05) is 18.2 Å². The van der Waals surface area contributed by atoms with Gasteiger partial charge in [-0.2, -0.15) is 0 Å². The monoisotopic (exact) mass is 365 g/mol. The normalized spacial score (nSPS) is 18.6. The third kappa shape index (κ3) is 3.89. The number of para-hydroxylation sites is 1. The standard InChI is InChI=1S/C21H23N3O3/c25-20(23-18-11-13-27-19-5-2-1-4-17(18)19)14-22-15-7-9-16(10-8-15)24-12-3-6-21(24)26/h1-2,4-5,7-10,18,22H,3,6,11-14H2,(H,23,25). The highest BCUT2D eigenvalue weighted by Gasteiger charge is 2.23. The van der Waals surface area contributed by atoms with Crippen molar-refractivity contribution in [2.75, 3.05) is 29.9 Å². The molecule has 1 fully saturated rings. The molecule has 0 aromatic heterocycles. The van der Waals surface area contributed by atoms with Crippen LogP contribution in [-0.2, 0) is 9.59 Å². The molecule has 140 valence electrons. The number of nitrogens with zero attached hydrogens (tertiary/aromatic N) is 1. The minimum absolute atomic E-state index is 0.0206. The van der Waals surface area contributed by atoms with Gasteiger partial charge in [0.15, 0.2) is 0 Å². The lowest BCUT2D eigenvalue weighted by molar-refractivity contribution is -0.120. The highest BCUT2D eigenvalue weighted by molar-refractivity contribution is 5.95. The number of hydrogen-bond donors (Lipinski definition) is 2. The Hall–Kier alpha value is -3.02. The van der Waals surface area contributed by atoms with E-state index in [0.717, 1.165) is 42.1 Å². The molecule has 0 spiro atoms. The van der Waals surface area contributed by atoms with Crippen LogP contribution in [0.2, 0.25) is 0 Å². The largest absolute Gasteiger partial charge is 0.493 e. The minimum atomic E-state index is -0.0597. The van der Waals surface area contributed by atoms with E-state index in [2.05, 4.69) is 10.6 Å². The van der Waals surface area contributed by atoms with Gasteiger partial charge in [-0.3, -0.25) is 9.59 Å². The fourth-order valence-corrected chi connectivity index (χ4v) is 3.60. The van der Waals surface area contributed by atoms with Gasteiger partial charge in [0.05, 0.1) is 19.2 Å². The molecule has 27 heavy (non-hydrogen) atoms. The Balaban J connectivity index is 1.31. The molecular weight excluding hydrogens is 342 g/mol.